The smallest absolute Gasteiger partial charge is 0.350 e. The molecule has 192 valence electrons. The molecule has 8 nitrogen and oxygen atoms in total. The third kappa shape index (κ3) is 4.74. The number of benzene rings is 2. The van der Waals surface area contributed by atoms with Crippen LogP contribution in [0, 0.1) is 13.8 Å². The average Bonchev–Trinajstić information content (AvgIpc) is 3.40. The van der Waals surface area contributed by atoms with Gasteiger partial charge in [-0.25, -0.2) is 9.78 Å². The summed E-state index contributed by atoms with van der Waals surface area (Å²) in [6.45, 7) is 7.40. The van der Waals surface area contributed by atoms with Gasteiger partial charge in [-0.1, -0.05) is 42.5 Å². The molecular formula is C28H28N2O6S. The number of aromatic nitrogens is 1. The SMILES string of the molecule is CCOC(=O)c1sc(N2C(=O)C(=O)/C(=C(/O)c3ccc(OC)c(C)c3)[C@H]2c2ccc(CC)cc2)nc1C. The van der Waals surface area contributed by atoms with Gasteiger partial charge in [0.1, 0.15) is 16.4 Å². The average molecular weight is 521 g/mol. The molecule has 1 atom stereocenters. The van der Waals surface area contributed by atoms with Crippen LogP contribution in [-0.4, -0.2) is 41.5 Å². The molecule has 0 bridgehead atoms. The van der Waals surface area contributed by atoms with E-state index in [1.165, 1.54) is 4.90 Å². The highest BCUT2D eigenvalue weighted by Crippen LogP contribution is 2.44. The summed E-state index contributed by atoms with van der Waals surface area (Å²) in [5.74, 6) is -1.87. The van der Waals surface area contributed by atoms with Crippen molar-refractivity contribution in [2.75, 3.05) is 18.6 Å². The Morgan fingerprint density at radius 2 is 1.81 bits per heavy atom. The summed E-state index contributed by atoms with van der Waals surface area (Å²) in [4.78, 5) is 45.2. The van der Waals surface area contributed by atoms with Crippen molar-refractivity contribution in [3.05, 3.63) is 80.9 Å². The zero-order valence-corrected chi connectivity index (χ0v) is 22.1. The second kappa shape index (κ2) is 10.6. The molecule has 0 unspecified atom stereocenters. The number of aliphatic hydroxyl groups is 1. The van der Waals surface area contributed by atoms with E-state index in [-0.39, 0.29) is 27.9 Å². The molecule has 1 aliphatic heterocycles. The quantitative estimate of drug-likeness (QED) is 0.199. The lowest BCUT2D eigenvalue weighted by Gasteiger charge is -2.23. The fourth-order valence-corrected chi connectivity index (χ4v) is 5.32. The lowest BCUT2D eigenvalue weighted by Crippen LogP contribution is -2.29. The second-order valence-corrected chi connectivity index (χ2v) is 9.56. The first kappa shape index (κ1) is 26.1. The molecule has 0 saturated carbocycles. The van der Waals surface area contributed by atoms with Gasteiger partial charge < -0.3 is 14.6 Å². The molecule has 1 N–H and O–H groups in total. The van der Waals surface area contributed by atoms with Crippen LogP contribution in [-0.2, 0) is 20.7 Å². The molecule has 0 aliphatic carbocycles. The second-order valence-electron chi connectivity index (χ2n) is 8.58. The van der Waals surface area contributed by atoms with Crippen molar-refractivity contribution in [3.63, 3.8) is 0 Å². The van der Waals surface area contributed by atoms with Crippen LogP contribution in [0.3, 0.4) is 0 Å². The number of hydrogen-bond donors (Lipinski definition) is 1. The highest BCUT2D eigenvalue weighted by Gasteiger charge is 2.48. The number of hydrogen-bond acceptors (Lipinski definition) is 8. The maximum Gasteiger partial charge on any atom is 0.350 e. The summed E-state index contributed by atoms with van der Waals surface area (Å²) in [5.41, 5.74) is 3.21. The Balaban J connectivity index is 1.91. The van der Waals surface area contributed by atoms with E-state index in [0.717, 1.165) is 28.9 Å². The number of thiazole rings is 1. The first-order valence-electron chi connectivity index (χ1n) is 11.9. The van der Waals surface area contributed by atoms with Gasteiger partial charge in [0.25, 0.3) is 5.78 Å². The van der Waals surface area contributed by atoms with E-state index in [1.807, 2.05) is 38.1 Å². The molecule has 1 saturated heterocycles. The van der Waals surface area contributed by atoms with Crippen molar-refractivity contribution in [3.8, 4) is 5.75 Å². The van der Waals surface area contributed by atoms with Gasteiger partial charge >= 0.3 is 11.9 Å². The standard InChI is InChI=1S/C28H28N2O6S/c1-6-17-8-10-18(11-9-17)22-21(23(31)19-12-13-20(35-5)15(3)14-19)24(32)26(33)30(22)28-29-16(4)25(37-28)27(34)36-7-2/h8-14,22,31H,6-7H2,1-5H3/b23-21+/t22-/m1/s1. The topological polar surface area (TPSA) is 106 Å². The van der Waals surface area contributed by atoms with Gasteiger partial charge in [-0.05, 0) is 62.1 Å². The number of carbonyl (C=O) groups excluding carboxylic acids is 3. The van der Waals surface area contributed by atoms with Crippen LogP contribution in [0.1, 0.15) is 57.5 Å². The van der Waals surface area contributed by atoms with Crippen LogP contribution in [0.15, 0.2) is 48.0 Å². The van der Waals surface area contributed by atoms with Gasteiger partial charge in [0.2, 0.25) is 0 Å². The molecule has 2 heterocycles. The lowest BCUT2D eigenvalue weighted by molar-refractivity contribution is -0.132. The van der Waals surface area contributed by atoms with Crippen molar-refractivity contribution >= 4 is 39.9 Å². The number of aliphatic hydroxyl groups excluding tert-OH is 1. The van der Waals surface area contributed by atoms with Gasteiger partial charge in [-0.2, -0.15) is 0 Å². The van der Waals surface area contributed by atoms with E-state index in [2.05, 4.69) is 4.98 Å². The maximum atomic E-state index is 13.4. The highest BCUT2D eigenvalue weighted by molar-refractivity contribution is 7.17. The van der Waals surface area contributed by atoms with Crippen LogP contribution in [0.25, 0.3) is 5.76 Å². The number of ketones is 1. The van der Waals surface area contributed by atoms with Gasteiger partial charge in [-0.3, -0.25) is 14.5 Å². The fourth-order valence-electron chi connectivity index (χ4n) is 4.33. The lowest BCUT2D eigenvalue weighted by atomic mass is 9.94. The Morgan fingerprint density at radius 3 is 2.41 bits per heavy atom. The highest BCUT2D eigenvalue weighted by atomic mass is 32.1. The Kier molecular flexibility index (Phi) is 7.45. The number of rotatable bonds is 7. The molecule has 0 radical (unpaired) electrons. The van der Waals surface area contributed by atoms with Crippen LogP contribution >= 0.6 is 11.3 Å². The van der Waals surface area contributed by atoms with Gasteiger partial charge in [-0.15, -0.1) is 0 Å². The summed E-state index contributed by atoms with van der Waals surface area (Å²) >= 11 is 0.980. The number of Topliss-reactive ketones (excluding diaryl/α,β-unsaturated/α-hetero) is 1. The molecule has 3 aromatic rings. The van der Waals surface area contributed by atoms with E-state index in [9.17, 15) is 19.5 Å². The number of carbonyl (C=O) groups is 3. The Hall–Kier alpha value is -3.98. The van der Waals surface area contributed by atoms with E-state index >= 15 is 0 Å². The van der Waals surface area contributed by atoms with Crippen LogP contribution in [0.4, 0.5) is 5.13 Å². The predicted octanol–water partition coefficient (Wildman–Crippen LogP) is 5.13. The summed E-state index contributed by atoms with van der Waals surface area (Å²) < 4.78 is 10.4. The molecule has 1 fully saturated rings. The third-order valence-corrected chi connectivity index (χ3v) is 7.41. The number of esters is 1. The first-order valence-corrected chi connectivity index (χ1v) is 12.7. The molecule has 1 aromatic heterocycles. The normalized spacial score (nSPS) is 16.8. The summed E-state index contributed by atoms with van der Waals surface area (Å²) in [6, 6.07) is 11.6. The van der Waals surface area contributed by atoms with E-state index in [4.69, 9.17) is 9.47 Å². The van der Waals surface area contributed by atoms with Gasteiger partial charge in [0, 0.05) is 5.56 Å². The monoisotopic (exact) mass is 520 g/mol. The van der Waals surface area contributed by atoms with Crippen molar-refractivity contribution in [1.82, 2.24) is 4.98 Å². The number of aryl methyl sites for hydroxylation is 3. The summed E-state index contributed by atoms with van der Waals surface area (Å²) in [7, 11) is 1.55. The first-order chi connectivity index (χ1) is 17.7. The number of anilines is 1. The molecule has 2 aromatic carbocycles. The predicted molar refractivity (Wildman–Crippen MR) is 141 cm³/mol. The fraction of sp³-hybridized carbons (Fsp3) is 0.286. The van der Waals surface area contributed by atoms with Crippen molar-refractivity contribution < 1.29 is 29.0 Å². The minimum Gasteiger partial charge on any atom is -0.507 e. The minimum atomic E-state index is -0.936. The van der Waals surface area contributed by atoms with E-state index in [0.29, 0.717) is 22.6 Å². The molecule has 0 spiro atoms. The molecular weight excluding hydrogens is 492 g/mol. The Bertz CT molecular complexity index is 1410. The Morgan fingerprint density at radius 1 is 1.11 bits per heavy atom. The maximum absolute atomic E-state index is 13.4. The third-order valence-electron chi connectivity index (χ3n) is 6.27. The Labute approximate surface area is 219 Å². The van der Waals surface area contributed by atoms with Crippen LogP contribution in [0.5, 0.6) is 5.75 Å². The number of methoxy groups -OCH3 is 1. The number of amides is 1. The van der Waals surface area contributed by atoms with E-state index in [1.54, 1.807) is 39.2 Å². The molecule has 1 amide bonds. The van der Waals surface area contributed by atoms with Crippen molar-refractivity contribution in [2.45, 2.75) is 40.2 Å². The number of ether oxygens (including phenoxy) is 2. The molecule has 1 aliphatic rings. The number of nitrogens with zero attached hydrogens (tertiary/aromatic N) is 2. The van der Waals surface area contributed by atoms with Gasteiger partial charge in [0.15, 0.2) is 5.13 Å². The van der Waals surface area contributed by atoms with Crippen LogP contribution in [0.2, 0.25) is 0 Å². The zero-order valence-electron chi connectivity index (χ0n) is 21.3. The largest absolute Gasteiger partial charge is 0.507 e. The molecule has 37 heavy (non-hydrogen) atoms. The summed E-state index contributed by atoms with van der Waals surface area (Å²) in [6.07, 6.45) is 0.820. The van der Waals surface area contributed by atoms with Crippen molar-refractivity contribution in [1.29, 1.82) is 0 Å². The zero-order chi connectivity index (χ0) is 26.9. The molecule has 9 heteroatoms. The molecule has 4 rings (SSSR count). The van der Waals surface area contributed by atoms with E-state index < -0.39 is 23.7 Å². The minimum absolute atomic E-state index is 0.0515. The van der Waals surface area contributed by atoms with Crippen molar-refractivity contribution in [2.24, 2.45) is 0 Å². The van der Waals surface area contributed by atoms with Gasteiger partial charge in [0.05, 0.1) is 31.0 Å². The summed E-state index contributed by atoms with van der Waals surface area (Å²) in [5, 5.41) is 11.5. The van der Waals surface area contributed by atoms with Crippen LogP contribution < -0.4 is 9.64 Å².